The molecule has 2 aromatic rings. The van der Waals surface area contributed by atoms with E-state index < -0.39 is 11.6 Å². The average molecular weight is 320 g/mol. The van der Waals surface area contributed by atoms with Crippen LogP contribution in [0.3, 0.4) is 0 Å². The topological polar surface area (TPSA) is 83.6 Å². The lowest BCUT2D eigenvalue weighted by Gasteiger charge is -2.24. The van der Waals surface area contributed by atoms with Crippen molar-refractivity contribution in [2.75, 3.05) is 4.90 Å². The van der Waals surface area contributed by atoms with E-state index in [1.165, 1.54) is 22.2 Å². The molecule has 114 valence electrons. The molecule has 1 unspecified atom stereocenters. The lowest BCUT2D eigenvalue weighted by Crippen LogP contribution is -2.34. The number of benzene rings is 1. The third kappa shape index (κ3) is 2.05. The van der Waals surface area contributed by atoms with Crippen molar-refractivity contribution in [3.63, 3.8) is 0 Å². The number of oxime groups is 1. The van der Waals surface area contributed by atoms with Crippen LogP contribution in [0.15, 0.2) is 42.1 Å². The van der Waals surface area contributed by atoms with Gasteiger partial charge in [0.05, 0.1) is 5.41 Å². The number of halogens is 1. The Morgan fingerprint density at radius 1 is 1.32 bits per heavy atom. The summed E-state index contributed by atoms with van der Waals surface area (Å²) in [6.07, 6.45) is 2.18. The molecule has 1 aliphatic heterocycles. The fraction of sp³-hybridized carbons (Fsp3) is 0.286. The predicted molar refractivity (Wildman–Crippen MR) is 81.0 cm³/mol. The smallest absolute Gasteiger partial charge is 0.240 e. The maximum Gasteiger partial charge on any atom is 0.240 e. The van der Waals surface area contributed by atoms with Crippen molar-refractivity contribution in [1.29, 1.82) is 0 Å². The van der Waals surface area contributed by atoms with Crippen molar-refractivity contribution in [3.05, 3.63) is 41.9 Å². The van der Waals surface area contributed by atoms with Crippen LogP contribution in [0.25, 0.3) is 0 Å². The fourth-order valence-corrected chi connectivity index (χ4v) is 2.72. The molecule has 0 bridgehead atoms. The summed E-state index contributed by atoms with van der Waals surface area (Å²) >= 11 is 5.91. The lowest BCUT2D eigenvalue weighted by atomic mass is 9.89. The molecule has 1 amide bonds. The summed E-state index contributed by atoms with van der Waals surface area (Å²) < 4.78 is 1.48. The number of carbonyl (C=O) groups excluding carboxylic acids is 1. The maximum atomic E-state index is 12.8. The average Bonchev–Trinajstić information content (AvgIpc) is 3.07. The van der Waals surface area contributed by atoms with Crippen molar-refractivity contribution in [1.82, 2.24) is 14.8 Å². The van der Waals surface area contributed by atoms with Crippen molar-refractivity contribution >= 4 is 28.9 Å². The molecular weight excluding hydrogens is 306 g/mol. The Morgan fingerprint density at radius 3 is 2.55 bits per heavy atom. The summed E-state index contributed by atoms with van der Waals surface area (Å²) in [7, 11) is 0. The zero-order valence-corrected chi connectivity index (χ0v) is 12.8. The zero-order chi connectivity index (χ0) is 15.9. The van der Waals surface area contributed by atoms with E-state index >= 15 is 0 Å². The minimum Gasteiger partial charge on any atom is -0.411 e. The minimum absolute atomic E-state index is 0.192. The van der Waals surface area contributed by atoms with Gasteiger partial charge in [-0.1, -0.05) is 16.8 Å². The van der Waals surface area contributed by atoms with E-state index in [9.17, 15) is 10.0 Å². The molecule has 1 aromatic carbocycles. The van der Waals surface area contributed by atoms with E-state index in [1.807, 2.05) is 0 Å². The minimum atomic E-state index is -0.953. The number of hydrogen-bond donors (Lipinski definition) is 1. The second kappa shape index (κ2) is 5.10. The molecule has 1 saturated heterocycles. The fourth-order valence-electron chi connectivity index (χ4n) is 2.59. The van der Waals surface area contributed by atoms with E-state index in [-0.39, 0.29) is 5.91 Å². The van der Waals surface area contributed by atoms with Gasteiger partial charge in [0.2, 0.25) is 5.91 Å². The van der Waals surface area contributed by atoms with Gasteiger partial charge in [-0.05, 0) is 38.1 Å². The summed E-state index contributed by atoms with van der Waals surface area (Å²) in [6.45, 7) is 3.43. The van der Waals surface area contributed by atoms with Gasteiger partial charge in [0, 0.05) is 10.7 Å². The molecule has 1 atom stereocenters. The zero-order valence-electron chi connectivity index (χ0n) is 12.0. The molecule has 22 heavy (non-hydrogen) atoms. The first kappa shape index (κ1) is 14.5. The number of amides is 1. The molecule has 8 heteroatoms. The van der Waals surface area contributed by atoms with Gasteiger partial charge in [0.1, 0.15) is 18.4 Å². The number of hydrogen-bond acceptors (Lipinski definition) is 5. The highest BCUT2D eigenvalue weighted by atomic mass is 35.5. The van der Waals surface area contributed by atoms with Crippen LogP contribution < -0.4 is 4.90 Å². The first-order valence-electron chi connectivity index (χ1n) is 6.62. The van der Waals surface area contributed by atoms with Crippen LogP contribution in [-0.4, -0.2) is 31.6 Å². The van der Waals surface area contributed by atoms with Crippen molar-refractivity contribution in [3.8, 4) is 0 Å². The largest absolute Gasteiger partial charge is 0.411 e. The molecule has 1 fully saturated rings. The molecule has 1 N–H and O–H groups in total. The highest BCUT2D eigenvalue weighted by molar-refractivity contribution is 6.30. The van der Waals surface area contributed by atoms with Crippen LogP contribution in [0.2, 0.25) is 5.02 Å². The summed E-state index contributed by atoms with van der Waals surface area (Å²) in [5, 5.41) is 17.4. The molecule has 0 radical (unpaired) electrons. The SMILES string of the molecule is CC1(C)C(=O)N(c2ccc(Cl)cc2)C(n2cncn2)C1=NO. The molecule has 2 heterocycles. The Balaban J connectivity index is 2.17. The molecule has 7 nitrogen and oxygen atoms in total. The van der Waals surface area contributed by atoms with Crippen LogP contribution in [0.5, 0.6) is 0 Å². The van der Waals surface area contributed by atoms with Gasteiger partial charge in [0.15, 0.2) is 6.17 Å². The van der Waals surface area contributed by atoms with Crippen LogP contribution >= 0.6 is 11.6 Å². The predicted octanol–water partition coefficient (Wildman–Crippen LogP) is 2.33. The second-order valence-corrected chi connectivity index (χ2v) is 5.95. The molecule has 1 aliphatic rings. The molecule has 0 aliphatic carbocycles. The van der Waals surface area contributed by atoms with Crippen molar-refractivity contribution in [2.45, 2.75) is 20.0 Å². The summed E-state index contributed by atoms with van der Waals surface area (Å²) in [4.78, 5) is 18.3. The van der Waals surface area contributed by atoms with Crippen molar-refractivity contribution in [2.24, 2.45) is 10.6 Å². The standard InChI is InChI=1S/C14H14ClN5O2/c1-14(2)11(18-22)12(19-8-16-7-17-19)20(13(14)21)10-5-3-9(15)4-6-10/h3-8,12,22H,1-2H3. The van der Waals surface area contributed by atoms with Crippen molar-refractivity contribution < 1.29 is 10.0 Å². The highest BCUT2D eigenvalue weighted by Crippen LogP contribution is 2.41. The third-order valence-electron chi connectivity index (χ3n) is 3.78. The van der Waals surface area contributed by atoms with Gasteiger partial charge in [0.25, 0.3) is 0 Å². The Labute approximate surface area is 131 Å². The normalized spacial score (nSPS) is 22.5. The third-order valence-corrected chi connectivity index (χ3v) is 4.03. The van der Waals surface area contributed by atoms with Gasteiger partial charge in [-0.3, -0.25) is 9.69 Å². The number of nitrogens with zero attached hydrogens (tertiary/aromatic N) is 5. The number of carbonyl (C=O) groups is 1. The monoisotopic (exact) mass is 319 g/mol. The summed E-state index contributed by atoms with van der Waals surface area (Å²) in [6, 6.07) is 6.87. The molecule has 0 saturated carbocycles. The Kier molecular flexibility index (Phi) is 3.37. The number of aromatic nitrogens is 3. The summed E-state index contributed by atoms with van der Waals surface area (Å²) in [5.41, 5.74) is -0.00932. The van der Waals surface area contributed by atoms with E-state index in [2.05, 4.69) is 15.2 Å². The summed E-state index contributed by atoms with van der Waals surface area (Å²) in [5.74, 6) is -0.192. The van der Waals surface area contributed by atoms with E-state index in [4.69, 9.17) is 11.6 Å². The van der Waals surface area contributed by atoms with E-state index in [0.717, 1.165) is 0 Å². The van der Waals surface area contributed by atoms with Gasteiger partial charge < -0.3 is 5.21 Å². The van der Waals surface area contributed by atoms with Crippen LogP contribution in [-0.2, 0) is 4.79 Å². The van der Waals surface area contributed by atoms with Gasteiger partial charge in [-0.25, -0.2) is 9.67 Å². The number of rotatable bonds is 2. The maximum absolute atomic E-state index is 12.8. The van der Waals surface area contributed by atoms with Crippen LogP contribution in [0.1, 0.15) is 20.0 Å². The molecular formula is C14H14ClN5O2. The Morgan fingerprint density at radius 2 is 2.00 bits per heavy atom. The van der Waals surface area contributed by atoms with Gasteiger partial charge in [-0.2, -0.15) is 5.10 Å². The van der Waals surface area contributed by atoms with E-state index in [1.54, 1.807) is 38.1 Å². The van der Waals surface area contributed by atoms with Crippen LogP contribution in [0, 0.1) is 5.41 Å². The highest BCUT2D eigenvalue weighted by Gasteiger charge is 2.53. The quantitative estimate of drug-likeness (QED) is 0.680. The molecule has 1 aromatic heterocycles. The van der Waals surface area contributed by atoms with Gasteiger partial charge in [-0.15, -0.1) is 0 Å². The van der Waals surface area contributed by atoms with Crippen LogP contribution in [0.4, 0.5) is 5.69 Å². The Hall–Kier alpha value is -2.41. The number of anilines is 1. The lowest BCUT2D eigenvalue weighted by molar-refractivity contribution is -0.122. The first-order chi connectivity index (χ1) is 10.5. The Bertz CT molecular complexity index is 724. The first-order valence-corrected chi connectivity index (χ1v) is 7.00. The van der Waals surface area contributed by atoms with Gasteiger partial charge >= 0.3 is 0 Å². The second-order valence-electron chi connectivity index (χ2n) is 5.51. The molecule has 0 spiro atoms. The molecule has 3 rings (SSSR count). The van der Waals surface area contributed by atoms with E-state index in [0.29, 0.717) is 16.4 Å².